The second-order valence-corrected chi connectivity index (χ2v) is 4.88. The van der Waals surface area contributed by atoms with Crippen LogP contribution in [0.1, 0.15) is 21.8 Å². The van der Waals surface area contributed by atoms with Crippen LogP contribution in [0.5, 0.6) is 0 Å². The van der Waals surface area contributed by atoms with Crippen molar-refractivity contribution in [1.82, 2.24) is 9.59 Å². The van der Waals surface area contributed by atoms with Crippen LogP contribution in [-0.2, 0) is 0 Å². The molecule has 1 amide bonds. The van der Waals surface area contributed by atoms with Crippen LogP contribution in [0.3, 0.4) is 0 Å². The normalized spacial score (nSPS) is 10.8. The number of alkyl halides is 2. The SMILES string of the molecule is O=C(Nc1cccc(Cl)c1Cl)c1snnc1C(F)F. The summed E-state index contributed by atoms with van der Waals surface area (Å²) in [5.74, 6) is -0.755. The summed E-state index contributed by atoms with van der Waals surface area (Å²) in [6.45, 7) is 0. The van der Waals surface area contributed by atoms with Crippen molar-refractivity contribution in [2.75, 3.05) is 5.32 Å². The molecular formula is C10H5Cl2F2N3OS. The van der Waals surface area contributed by atoms with E-state index in [4.69, 9.17) is 23.2 Å². The molecule has 0 fully saturated rings. The Bertz CT molecular complexity index is 621. The summed E-state index contributed by atoms with van der Waals surface area (Å²) in [5, 5.41) is 5.99. The summed E-state index contributed by atoms with van der Waals surface area (Å²) in [5.41, 5.74) is -0.423. The lowest BCUT2D eigenvalue weighted by Crippen LogP contribution is -2.13. The molecule has 0 unspecified atom stereocenters. The Balaban J connectivity index is 2.26. The van der Waals surface area contributed by atoms with Gasteiger partial charge in [0.15, 0.2) is 5.69 Å². The summed E-state index contributed by atoms with van der Waals surface area (Å²) >= 11 is 12.2. The molecule has 9 heteroatoms. The lowest BCUT2D eigenvalue weighted by Gasteiger charge is -2.07. The second-order valence-electron chi connectivity index (χ2n) is 3.34. The Morgan fingerprint density at radius 2 is 2.11 bits per heavy atom. The molecular weight excluding hydrogens is 319 g/mol. The molecule has 19 heavy (non-hydrogen) atoms. The number of rotatable bonds is 3. The van der Waals surface area contributed by atoms with Gasteiger partial charge >= 0.3 is 0 Å². The van der Waals surface area contributed by atoms with Crippen molar-refractivity contribution in [2.45, 2.75) is 6.43 Å². The molecule has 0 aliphatic carbocycles. The van der Waals surface area contributed by atoms with E-state index < -0.39 is 18.0 Å². The lowest BCUT2D eigenvalue weighted by atomic mass is 10.3. The maximum Gasteiger partial charge on any atom is 0.283 e. The fraction of sp³-hybridized carbons (Fsp3) is 0.100. The van der Waals surface area contributed by atoms with E-state index in [-0.39, 0.29) is 20.6 Å². The Hall–Kier alpha value is -1.31. The van der Waals surface area contributed by atoms with Crippen LogP contribution < -0.4 is 5.32 Å². The minimum atomic E-state index is -2.87. The van der Waals surface area contributed by atoms with Crippen LogP contribution in [0.2, 0.25) is 10.0 Å². The van der Waals surface area contributed by atoms with E-state index >= 15 is 0 Å². The average Bonchev–Trinajstić information content (AvgIpc) is 2.84. The monoisotopic (exact) mass is 323 g/mol. The highest BCUT2D eigenvalue weighted by atomic mass is 35.5. The molecule has 4 nitrogen and oxygen atoms in total. The van der Waals surface area contributed by atoms with E-state index in [1.165, 1.54) is 6.07 Å². The van der Waals surface area contributed by atoms with Crippen LogP contribution in [0.25, 0.3) is 0 Å². The first kappa shape index (κ1) is 14.1. The molecule has 1 heterocycles. The largest absolute Gasteiger partial charge is 0.320 e. The van der Waals surface area contributed by atoms with E-state index in [0.29, 0.717) is 11.5 Å². The van der Waals surface area contributed by atoms with Gasteiger partial charge in [-0.2, -0.15) is 0 Å². The van der Waals surface area contributed by atoms with Crippen LogP contribution in [0.15, 0.2) is 18.2 Å². The third-order valence-electron chi connectivity index (χ3n) is 2.13. The highest BCUT2D eigenvalue weighted by Crippen LogP contribution is 2.31. The van der Waals surface area contributed by atoms with Crippen LogP contribution in [0, 0.1) is 0 Å². The number of nitrogens with zero attached hydrogens (tertiary/aromatic N) is 2. The molecule has 2 rings (SSSR count). The fourth-order valence-electron chi connectivity index (χ4n) is 1.28. The molecule has 1 aromatic carbocycles. The van der Waals surface area contributed by atoms with Crippen LogP contribution in [0.4, 0.5) is 14.5 Å². The third kappa shape index (κ3) is 2.99. The van der Waals surface area contributed by atoms with Crippen molar-refractivity contribution in [2.24, 2.45) is 0 Å². The molecule has 0 aliphatic rings. The zero-order chi connectivity index (χ0) is 14.0. The zero-order valence-electron chi connectivity index (χ0n) is 9.03. The number of carbonyl (C=O) groups excluding carboxylic acids is 1. The highest BCUT2D eigenvalue weighted by molar-refractivity contribution is 7.08. The lowest BCUT2D eigenvalue weighted by molar-refractivity contribution is 0.101. The molecule has 0 saturated heterocycles. The van der Waals surface area contributed by atoms with E-state index in [1.807, 2.05) is 0 Å². The van der Waals surface area contributed by atoms with E-state index in [2.05, 4.69) is 14.9 Å². The molecule has 0 radical (unpaired) electrons. The maximum atomic E-state index is 12.6. The summed E-state index contributed by atoms with van der Waals surface area (Å²) in [4.78, 5) is 11.6. The first-order valence-corrected chi connectivity index (χ1v) is 6.39. The number of amides is 1. The molecule has 0 aliphatic heterocycles. The van der Waals surface area contributed by atoms with Gasteiger partial charge in [-0.1, -0.05) is 33.8 Å². The third-order valence-corrected chi connectivity index (χ3v) is 3.69. The minimum absolute atomic E-state index is 0.133. The Morgan fingerprint density at radius 1 is 1.37 bits per heavy atom. The molecule has 1 aromatic heterocycles. The number of hydrogen-bond acceptors (Lipinski definition) is 4. The zero-order valence-corrected chi connectivity index (χ0v) is 11.4. The molecule has 0 spiro atoms. The topological polar surface area (TPSA) is 54.9 Å². The predicted molar refractivity (Wildman–Crippen MR) is 69.3 cm³/mol. The second kappa shape index (κ2) is 5.77. The predicted octanol–water partition coefficient (Wildman–Crippen LogP) is 4.03. The van der Waals surface area contributed by atoms with Crippen molar-refractivity contribution in [3.63, 3.8) is 0 Å². The molecule has 2 aromatic rings. The quantitative estimate of drug-likeness (QED) is 0.927. The van der Waals surface area contributed by atoms with E-state index in [9.17, 15) is 13.6 Å². The van der Waals surface area contributed by atoms with Crippen molar-refractivity contribution in [3.05, 3.63) is 38.8 Å². The van der Waals surface area contributed by atoms with Crippen LogP contribution >= 0.6 is 34.7 Å². The summed E-state index contributed by atoms with van der Waals surface area (Å²) in [7, 11) is 0. The number of benzene rings is 1. The fourth-order valence-corrected chi connectivity index (χ4v) is 2.19. The Labute approximate surface area is 120 Å². The summed E-state index contributed by atoms with van der Waals surface area (Å²) < 4.78 is 28.5. The minimum Gasteiger partial charge on any atom is -0.320 e. The van der Waals surface area contributed by atoms with Gasteiger partial charge in [0.2, 0.25) is 0 Å². The molecule has 0 atom stereocenters. The van der Waals surface area contributed by atoms with Gasteiger partial charge in [0.1, 0.15) is 4.88 Å². The van der Waals surface area contributed by atoms with Gasteiger partial charge in [0.05, 0.1) is 15.7 Å². The van der Waals surface area contributed by atoms with Crippen molar-refractivity contribution < 1.29 is 13.6 Å². The number of carbonyl (C=O) groups is 1. The number of nitrogens with one attached hydrogen (secondary N) is 1. The Morgan fingerprint density at radius 3 is 2.79 bits per heavy atom. The standard InChI is InChI=1S/C10H5Cl2F2N3OS/c11-4-2-1-3-5(6(4)12)15-10(18)8-7(9(13)14)16-17-19-8/h1-3,9H,(H,15,18). The molecule has 0 saturated carbocycles. The number of hydrogen-bond donors (Lipinski definition) is 1. The summed E-state index contributed by atoms with van der Waals surface area (Å²) in [6, 6.07) is 4.61. The number of anilines is 1. The molecule has 1 N–H and O–H groups in total. The van der Waals surface area contributed by atoms with Gasteiger partial charge in [0, 0.05) is 0 Å². The van der Waals surface area contributed by atoms with Gasteiger partial charge < -0.3 is 5.32 Å². The Kier molecular flexibility index (Phi) is 4.28. The first-order chi connectivity index (χ1) is 9.00. The number of aromatic nitrogens is 2. The first-order valence-electron chi connectivity index (χ1n) is 4.86. The number of halogens is 4. The van der Waals surface area contributed by atoms with Gasteiger partial charge in [-0.15, -0.1) is 5.10 Å². The average molecular weight is 324 g/mol. The van der Waals surface area contributed by atoms with Crippen molar-refractivity contribution >= 4 is 46.3 Å². The summed E-state index contributed by atoms with van der Waals surface area (Å²) in [6.07, 6.45) is -2.87. The van der Waals surface area contributed by atoms with Gasteiger partial charge in [0.25, 0.3) is 12.3 Å². The van der Waals surface area contributed by atoms with Crippen molar-refractivity contribution in [1.29, 1.82) is 0 Å². The van der Waals surface area contributed by atoms with E-state index in [0.717, 1.165) is 0 Å². The van der Waals surface area contributed by atoms with Crippen molar-refractivity contribution in [3.8, 4) is 0 Å². The van der Waals surface area contributed by atoms with E-state index in [1.54, 1.807) is 12.1 Å². The van der Waals surface area contributed by atoms with Crippen LogP contribution in [-0.4, -0.2) is 15.5 Å². The van der Waals surface area contributed by atoms with Gasteiger partial charge in [-0.3, -0.25) is 4.79 Å². The maximum absolute atomic E-state index is 12.6. The molecule has 100 valence electrons. The van der Waals surface area contributed by atoms with Gasteiger partial charge in [-0.25, -0.2) is 8.78 Å². The van der Waals surface area contributed by atoms with Gasteiger partial charge in [-0.05, 0) is 23.7 Å². The molecule has 0 bridgehead atoms. The smallest absolute Gasteiger partial charge is 0.283 e. The highest BCUT2D eigenvalue weighted by Gasteiger charge is 2.23.